The zero-order valence-corrected chi connectivity index (χ0v) is 11.3. The maximum Gasteiger partial charge on any atom is 0.210 e. The van der Waals surface area contributed by atoms with Crippen molar-refractivity contribution < 1.29 is 23.7 Å². The van der Waals surface area contributed by atoms with E-state index in [1.165, 1.54) is 21.3 Å². The van der Waals surface area contributed by atoms with Crippen molar-refractivity contribution in [1.82, 2.24) is 0 Å². The molecule has 102 valence electrons. The van der Waals surface area contributed by atoms with Crippen LogP contribution in [0.1, 0.15) is 19.4 Å². The topological polar surface area (TPSA) is 47.9 Å². The predicted molar refractivity (Wildman–Crippen MR) is 66.2 cm³/mol. The molecule has 5 heteroatoms. The van der Waals surface area contributed by atoms with Crippen molar-refractivity contribution in [2.45, 2.75) is 19.3 Å². The van der Waals surface area contributed by atoms with Crippen LogP contribution in [0.15, 0.2) is 6.07 Å². The molecule has 0 spiro atoms. The average molecular weight is 258 g/mol. The maximum absolute atomic E-state index is 14.2. The molecule has 0 radical (unpaired) electrons. The monoisotopic (exact) mass is 258 g/mol. The molecule has 0 fully saturated rings. The van der Waals surface area contributed by atoms with Crippen molar-refractivity contribution in [2.24, 2.45) is 0 Å². The van der Waals surface area contributed by atoms with Gasteiger partial charge in [0.25, 0.3) is 0 Å². The Bertz CT molecular complexity index is 429. The van der Waals surface area contributed by atoms with Gasteiger partial charge >= 0.3 is 0 Å². The van der Waals surface area contributed by atoms with E-state index < -0.39 is 11.2 Å². The van der Waals surface area contributed by atoms with Gasteiger partial charge in [0.15, 0.2) is 11.5 Å². The summed E-state index contributed by atoms with van der Waals surface area (Å²) in [5.41, 5.74) is -0.117. The summed E-state index contributed by atoms with van der Waals surface area (Å²) in [6, 6.07) is 1.62. The van der Waals surface area contributed by atoms with Crippen LogP contribution < -0.4 is 14.2 Å². The Morgan fingerprint density at radius 3 is 2.06 bits per heavy atom. The van der Waals surface area contributed by atoms with Crippen LogP contribution in [-0.2, 0) is 5.41 Å². The quantitative estimate of drug-likeness (QED) is 0.879. The summed E-state index contributed by atoms with van der Waals surface area (Å²) >= 11 is 0. The van der Waals surface area contributed by atoms with E-state index in [2.05, 4.69) is 0 Å². The van der Waals surface area contributed by atoms with Crippen LogP contribution in [0.2, 0.25) is 0 Å². The van der Waals surface area contributed by atoms with E-state index in [0.717, 1.165) is 0 Å². The number of methoxy groups -OCH3 is 3. The van der Waals surface area contributed by atoms with Crippen molar-refractivity contribution in [3.63, 3.8) is 0 Å². The molecule has 0 amide bonds. The van der Waals surface area contributed by atoms with Crippen molar-refractivity contribution in [1.29, 1.82) is 0 Å². The fourth-order valence-corrected chi connectivity index (χ4v) is 1.72. The van der Waals surface area contributed by atoms with E-state index >= 15 is 0 Å². The first kappa shape index (κ1) is 14.6. The zero-order valence-electron chi connectivity index (χ0n) is 11.3. The molecule has 4 nitrogen and oxygen atoms in total. The lowest BCUT2D eigenvalue weighted by atomic mass is 9.84. The molecule has 18 heavy (non-hydrogen) atoms. The Kier molecular flexibility index (Phi) is 4.40. The van der Waals surface area contributed by atoms with Gasteiger partial charge in [-0.15, -0.1) is 0 Å². The molecular formula is C13H19FO4. The Morgan fingerprint density at radius 1 is 1.11 bits per heavy atom. The van der Waals surface area contributed by atoms with Gasteiger partial charge in [-0.1, -0.05) is 13.8 Å². The summed E-state index contributed by atoms with van der Waals surface area (Å²) in [6.45, 7) is 3.44. The molecule has 0 heterocycles. The van der Waals surface area contributed by atoms with E-state index in [0.29, 0.717) is 5.56 Å². The standard InChI is InChI=1S/C13H19FO4/c1-13(2,7-15)8-6-9(16-3)12(18-5)10(14)11(8)17-4/h6,15H,7H2,1-5H3. The highest BCUT2D eigenvalue weighted by Crippen LogP contribution is 2.43. The molecule has 1 aromatic carbocycles. The lowest BCUT2D eigenvalue weighted by Crippen LogP contribution is -2.23. The van der Waals surface area contributed by atoms with Crippen molar-refractivity contribution in [2.75, 3.05) is 27.9 Å². The van der Waals surface area contributed by atoms with Crippen LogP contribution in [0.5, 0.6) is 17.2 Å². The second kappa shape index (κ2) is 5.44. The molecule has 0 aromatic heterocycles. The lowest BCUT2D eigenvalue weighted by Gasteiger charge is -2.26. The average Bonchev–Trinajstić information content (AvgIpc) is 2.37. The first-order valence-corrected chi connectivity index (χ1v) is 5.52. The number of rotatable bonds is 5. The zero-order chi connectivity index (χ0) is 13.9. The van der Waals surface area contributed by atoms with Gasteiger partial charge in [-0.05, 0) is 6.07 Å². The summed E-state index contributed by atoms with van der Waals surface area (Å²) in [6.07, 6.45) is 0. The molecule has 0 aliphatic carbocycles. The highest BCUT2D eigenvalue weighted by Gasteiger charge is 2.30. The van der Waals surface area contributed by atoms with Gasteiger partial charge in [0, 0.05) is 11.0 Å². The molecule has 0 unspecified atom stereocenters. The smallest absolute Gasteiger partial charge is 0.210 e. The minimum atomic E-state index is -0.647. The van der Waals surface area contributed by atoms with Gasteiger partial charge in [-0.25, -0.2) is 0 Å². The third-order valence-electron chi connectivity index (χ3n) is 2.90. The fraction of sp³-hybridized carbons (Fsp3) is 0.538. The van der Waals surface area contributed by atoms with Gasteiger partial charge in [-0.2, -0.15) is 4.39 Å². The number of benzene rings is 1. The number of hydrogen-bond acceptors (Lipinski definition) is 4. The van der Waals surface area contributed by atoms with E-state index in [4.69, 9.17) is 14.2 Å². The molecule has 0 saturated carbocycles. The molecule has 0 aliphatic heterocycles. The van der Waals surface area contributed by atoms with Gasteiger partial charge < -0.3 is 19.3 Å². The molecule has 0 aliphatic rings. The van der Waals surface area contributed by atoms with Gasteiger partial charge in [0.05, 0.1) is 27.9 Å². The summed E-state index contributed by atoms with van der Waals surface area (Å²) in [5.74, 6) is -0.304. The van der Waals surface area contributed by atoms with Gasteiger partial charge in [-0.3, -0.25) is 0 Å². The summed E-state index contributed by atoms with van der Waals surface area (Å²) in [4.78, 5) is 0. The van der Waals surface area contributed by atoms with Gasteiger partial charge in [0.2, 0.25) is 11.6 Å². The van der Waals surface area contributed by atoms with E-state index in [1.54, 1.807) is 19.9 Å². The van der Waals surface area contributed by atoms with E-state index in [9.17, 15) is 9.50 Å². The van der Waals surface area contributed by atoms with Crippen LogP contribution in [-0.4, -0.2) is 33.0 Å². The molecule has 1 rings (SSSR count). The first-order chi connectivity index (χ1) is 8.42. The molecule has 1 N–H and O–H groups in total. The summed E-state index contributed by atoms with van der Waals surface area (Å²) in [7, 11) is 4.16. The van der Waals surface area contributed by atoms with Crippen LogP contribution in [0.25, 0.3) is 0 Å². The molecule has 1 aromatic rings. The van der Waals surface area contributed by atoms with Crippen molar-refractivity contribution in [3.8, 4) is 17.2 Å². The normalized spacial score (nSPS) is 11.3. The minimum Gasteiger partial charge on any atom is -0.493 e. The lowest BCUT2D eigenvalue weighted by molar-refractivity contribution is 0.212. The SMILES string of the molecule is COc1cc(C(C)(C)CO)c(OC)c(F)c1OC. The van der Waals surface area contributed by atoms with Crippen molar-refractivity contribution >= 4 is 0 Å². The Hall–Kier alpha value is -1.49. The Labute approximate surface area is 106 Å². The third-order valence-corrected chi connectivity index (χ3v) is 2.90. The fourth-order valence-electron chi connectivity index (χ4n) is 1.72. The number of aliphatic hydroxyl groups is 1. The maximum atomic E-state index is 14.2. The Balaban J connectivity index is 3.57. The van der Waals surface area contributed by atoms with Crippen LogP contribution >= 0.6 is 0 Å². The second-order valence-corrected chi connectivity index (χ2v) is 4.55. The van der Waals surface area contributed by atoms with Gasteiger partial charge in [0.1, 0.15) is 0 Å². The summed E-state index contributed by atoms with van der Waals surface area (Å²) < 4.78 is 29.4. The number of aliphatic hydroxyl groups excluding tert-OH is 1. The highest BCUT2D eigenvalue weighted by atomic mass is 19.1. The largest absolute Gasteiger partial charge is 0.493 e. The molecule has 0 bridgehead atoms. The number of ether oxygens (including phenoxy) is 3. The Morgan fingerprint density at radius 2 is 1.67 bits per heavy atom. The minimum absolute atomic E-state index is 0.00756. The second-order valence-electron chi connectivity index (χ2n) is 4.55. The summed E-state index contributed by atoms with van der Waals surface area (Å²) in [5, 5.41) is 9.40. The van der Waals surface area contributed by atoms with Crippen LogP contribution in [0.4, 0.5) is 4.39 Å². The van der Waals surface area contributed by atoms with Crippen LogP contribution in [0, 0.1) is 5.82 Å². The highest BCUT2D eigenvalue weighted by molar-refractivity contribution is 5.54. The van der Waals surface area contributed by atoms with E-state index in [-0.39, 0.29) is 23.9 Å². The van der Waals surface area contributed by atoms with Crippen LogP contribution in [0.3, 0.4) is 0 Å². The molecule has 0 atom stereocenters. The molecular weight excluding hydrogens is 239 g/mol. The molecule has 0 saturated heterocycles. The first-order valence-electron chi connectivity index (χ1n) is 5.52. The predicted octanol–water partition coefficient (Wildman–Crippen LogP) is 2.12. The number of hydrogen-bond donors (Lipinski definition) is 1. The third kappa shape index (κ3) is 2.36. The van der Waals surface area contributed by atoms with Crippen molar-refractivity contribution in [3.05, 3.63) is 17.4 Å². The van der Waals surface area contributed by atoms with E-state index in [1.807, 2.05) is 0 Å². The number of halogens is 1.